The average Bonchev–Trinajstić information content (AvgIpc) is 2.17. The topological polar surface area (TPSA) is 38.5 Å². The van der Waals surface area contributed by atoms with Crippen LogP contribution in [-0.4, -0.2) is 26.8 Å². The van der Waals surface area contributed by atoms with Gasteiger partial charge in [0, 0.05) is 31.6 Å². The van der Waals surface area contributed by atoms with Crippen LogP contribution in [0.3, 0.4) is 0 Å². The van der Waals surface area contributed by atoms with Gasteiger partial charge in [-0.05, 0) is 37.6 Å². The minimum absolute atomic E-state index is 0.761. The van der Waals surface area contributed by atoms with Crippen LogP contribution in [0.25, 0.3) is 0 Å². The molecule has 0 aromatic heterocycles. The molecule has 3 heteroatoms. The van der Waals surface area contributed by atoms with Crippen LogP contribution in [0.5, 0.6) is 0 Å². The zero-order valence-corrected chi connectivity index (χ0v) is 9.79. The number of anilines is 2. The molecule has 0 saturated carbocycles. The molecule has 84 valence electrons. The van der Waals surface area contributed by atoms with Crippen LogP contribution in [0.1, 0.15) is 12.5 Å². The number of ether oxygens (including phenoxy) is 1. The second-order valence-corrected chi connectivity index (χ2v) is 3.66. The molecule has 1 rings (SSSR count). The maximum absolute atomic E-state index is 5.71. The van der Waals surface area contributed by atoms with Gasteiger partial charge in [0.1, 0.15) is 0 Å². The van der Waals surface area contributed by atoms with Crippen molar-refractivity contribution >= 4 is 11.4 Å². The number of likely N-dealkylation sites (N-methyl/N-ethyl adjacent to an activating group) is 1. The summed E-state index contributed by atoms with van der Waals surface area (Å²) in [7, 11) is 2.07. The van der Waals surface area contributed by atoms with Crippen molar-refractivity contribution in [1.82, 2.24) is 0 Å². The Morgan fingerprint density at radius 2 is 2.13 bits per heavy atom. The number of hydrogen-bond donors (Lipinski definition) is 1. The van der Waals surface area contributed by atoms with Crippen LogP contribution >= 0.6 is 0 Å². The third-order valence-corrected chi connectivity index (χ3v) is 2.41. The van der Waals surface area contributed by atoms with Crippen molar-refractivity contribution in [3.05, 3.63) is 23.8 Å². The van der Waals surface area contributed by atoms with Gasteiger partial charge < -0.3 is 15.4 Å². The Labute approximate surface area is 91.8 Å². The van der Waals surface area contributed by atoms with Crippen LogP contribution in [0, 0.1) is 6.92 Å². The SMILES string of the molecule is CCOCCN(C)c1ccc(N)cc1C. The molecule has 0 bridgehead atoms. The van der Waals surface area contributed by atoms with Crippen molar-refractivity contribution in [2.24, 2.45) is 0 Å². The molecule has 0 fully saturated rings. The van der Waals surface area contributed by atoms with Crippen molar-refractivity contribution in [3.63, 3.8) is 0 Å². The van der Waals surface area contributed by atoms with Gasteiger partial charge >= 0.3 is 0 Å². The summed E-state index contributed by atoms with van der Waals surface area (Å²) in [6.45, 7) is 6.52. The summed E-state index contributed by atoms with van der Waals surface area (Å²) < 4.78 is 5.32. The van der Waals surface area contributed by atoms with Gasteiger partial charge in [-0.15, -0.1) is 0 Å². The van der Waals surface area contributed by atoms with E-state index in [1.165, 1.54) is 11.3 Å². The molecule has 15 heavy (non-hydrogen) atoms. The summed E-state index contributed by atoms with van der Waals surface area (Å²) in [5, 5.41) is 0. The molecule has 0 aliphatic carbocycles. The van der Waals surface area contributed by atoms with Gasteiger partial charge in [-0.3, -0.25) is 0 Å². The Morgan fingerprint density at radius 3 is 2.73 bits per heavy atom. The maximum Gasteiger partial charge on any atom is 0.0641 e. The highest BCUT2D eigenvalue weighted by molar-refractivity contribution is 5.58. The Bertz CT molecular complexity index is 312. The molecule has 0 saturated heterocycles. The molecule has 2 N–H and O–H groups in total. The fraction of sp³-hybridized carbons (Fsp3) is 0.500. The number of nitrogen functional groups attached to an aromatic ring is 1. The van der Waals surface area contributed by atoms with Crippen LogP contribution in [-0.2, 0) is 4.74 Å². The Balaban J connectivity index is 2.61. The minimum atomic E-state index is 0.761. The number of rotatable bonds is 5. The summed E-state index contributed by atoms with van der Waals surface area (Å²) in [6.07, 6.45) is 0. The first-order valence-corrected chi connectivity index (χ1v) is 5.30. The van der Waals surface area contributed by atoms with E-state index in [9.17, 15) is 0 Å². The van der Waals surface area contributed by atoms with Gasteiger partial charge in [-0.25, -0.2) is 0 Å². The lowest BCUT2D eigenvalue weighted by Gasteiger charge is -2.21. The summed E-state index contributed by atoms with van der Waals surface area (Å²) in [4.78, 5) is 2.18. The molecule has 0 amide bonds. The first-order valence-electron chi connectivity index (χ1n) is 5.30. The van der Waals surface area contributed by atoms with Crippen molar-refractivity contribution in [2.45, 2.75) is 13.8 Å². The number of benzene rings is 1. The van der Waals surface area contributed by atoms with Crippen LogP contribution in [0.15, 0.2) is 18.2 Å². The van der Waals surface area contributed by atoms with E-state index >= 15 is 0 Å². The number of nitrogens with zero attached hydrogens (tertiary/aromatic N) is 1. The van der Waals surface area contributed by atoms with Gasteiger partial charge in [0.25, 0.3) is 0 Å². The van der Waals surface area contributed by atoms with E-state index < -0.39 is 0 Å². The summed E-state index contributed by atoms with van der Waals surface area (Å²) in [5.74, 6) is 0. The zero-order chi connectivity index (χ0) is 11.3. The Hall–Kier alpha value is -1.22. The van der Waals surface area contributed by atoms with Crippen molar-refractivity contribution in [2.75, 3.05) is 37.4 Å². The van der Waals surface area contributed by atoms with Crippen LogP contribution in [0.4, 0.5) is 11.4 Å². The first-order chi connectivity index (χ1) is 7.15. The second-order valence-electron chi connectivity index (χ2n) is 3.66. The lowest BCUT2D eigenvalue weighted by Crippen LogP contribution is -2.23. The second kappa shape index (κ2) is 5.61. The van der Waals surface area contributed by atoms with Gasteiger partial charge in [-0.2, -0.15) is 0 Å². The van der Waals surface area contributed by atoms with E-state index in [0.29, 0.717) is 0 Å². The summed E-state index contributed by atoms with van der Waals surface area (Å²) in [6, 6.07) is 5.97. The van der Waals surface area contributed by atoms with E-state index in [4.69, 9.17) is 10.5 Å². The molecule has 3 nitrogen and oxygen atoms in total. The first kappa shape index (κ1) is 11.9. The molecule has 0 aliphatic heterocycles. The third-order valence-electron chi connectivity index (χ3n) is 2.41. The standard InChI is InChI=1S/C12H20N2O/c1-4-15-8-7-14(3)12-6-5-11(13)9-10(12)2/h5-6,9H,4,7-8,13H2,1-3H3. The molecule has 0 heterocycles. The molecule has 1 aromatic carbocycles. The lowest BCUT2D eigenvalue weighted by atomic mass is 10.1. The van der Waals surface area contributed by atoms with Crippen LogP contribution < -0.4 is 10.6 Å². The quantitative estimate of drug-likeness (QED) is 0.594. The highest BCUT2D eigenvalue weighted by Gasteiger charge is 2.03. The fourth-order valence-corrected chi connectivity index (χ4v) is 1.57. The number of aryl methyl sites for hydroxylation is 1. The molecular formula is C12H20N2O. The largest absolute Gasteiger partial charge is 0.399 e. The summed E-state index contributed by atoms with van der Waals surface area (Å²) in [5.41, 5.74) is 8.94. The Morgan fingerprint density at radius 1 is 1.40 bits per heavy atom. The van der Waals surface area contributed by atoms with E-state index in [1.54, 1.807) is 0 Å². The van der Waals surface area contributed by atoms with Crippen molar-refractivity contribution < 1.29 is 4.74 Å². The molecular weight excluding hydrogens is 188 g/mol. The molecule has 0 unspecified atom stereocenters. The van der Waals surface area contributed by atoms with Gasteiger partial charge in [-0.1, -0.05) is 0 Å². The number of hydrogen-bond acceptors (Lipinski definition) is 3. The van der Waals surface area contributed by atoms with E-state index in [-0.39, 0.29) is 0 Å². The smallest absolute Gasteiger partial charge is 0.0641 e. The summed E-state index contributed by atoms with van der Waals surface area (Å²) >= 11 is 0. The predicted molar refractivity (Wildman–Crippen MR) is 65.4 cm³/mol. The third kappa shape index (κ3) is 3.44. The fourth-order valence-electron chi connectivity index (χ4n) is 1.57. The molecule has 0 radical (unpaired) electrons. The molecule has 0 aliphatic rings. The van der Waals surface area contributed by atoms with E-state index in [0.717, 1.165) is 25.4 Å². The Kier molecular flexibility index (Phi) is 4.43. The predicted octanol–water partition coefficient (Wildman–Crippen LogP) is 2.05. The van der Waals surface area contributed by atoms with Crippen LogP contribution in [0.2, 0.25) is 0 Å². The molecule has 0 atom stereocenters. The minimum Gasteiger partial charge on any atom is -0.399 e. The van der Waals surface area contributed by atoms with Crippen molar-refractivity contribution in [1.29, 1.82) is 0 Å². The highest BCUT2D eigenvalue weighted by Crippen LogP contribution is 2.20. The van der Waals surface area contributed by atoms with Gasteiger partial charge in [0.15, 0.2) is 0 Å². The van der Waals surface area contributed by atoms with Gasteiger partial charge in [0.2, 0.25) is 0 Å². The maximum atomic E-state index is 5.71. The lowest BCUT2D eigenvalue weighted by molar-refractivity contribution is 0.154. The van der Waals surface area contributed by atoms with E-state index in [1.807, 2.05) is 19.1 Å². The number of nitrogens with two attached hydrogens (primary N) is 1. The van der Waals surface area contributed by atoms with Gasteiger partial charge in [0.05, 0.1) is 6.61 Å². The monoisotopic (exact) mass is 208 g/mol. The average molecular weight is 208 g/mol. The zero-order valence-electron chi connectivity index (χ0n) is 9.79. The highest BCUT2D eigenvalue weighted by atomic mass is 16.5. The van der Waals surface area contributed by atoms with E-state index in [2.05, 4.69) is 24.9 Å². The normalized spacial score (nSPS) is 10.3. The molecule has 1 aromatic rings. The van der Waals surface area contributed by atoms with Crippen molar-refractivity contribution in [3.8, 4) is 0 Å². The molecule has 0 spiro atoms.